The molecule has 0 spiro atoms. The number of hydrogen-bond donors (Lipinski definition) is 1. The topological polar surface area (TPSA) is 86.7 Å². The van der Waals surface area contributed by atoms with Gasteiger partial charge in [0.15, 0.2) is 5.82 Å². The van der Waals surface area contributed by atoms with Crippen molar-refractivity contribution in [3.05, 3.63) is 34.5 Å². The number of carbonyl (C=O) groups is 1. The summed E-state index contributed by atoms with van der Waals surface area (Å²) in [5.74, 6) is 0.644. The smallest absolute Gasteiger partial charge is 0.251 e. The summed E-state index contributed by atoms with van der Waals surface area (Å²) in [6.07, 6.45) is 3.58. The zero-order valence-electron chi connectivity index (χ0n) is 10.0. The van der Waals surface area contributed by atoms with E-state index in [2.05, 4.69) is 15.1 Å². The number of nitrogens with two attached hydrogens (primary N) is 1. The van der Waals surface area contributed by atoms with E-state index in [1.165, 1.54) is 17.1 Å². The first kappa shape index (κ1) is 12.5. The zero-order chi connectivity index (χ0) is 13.3. The molecule has 0 fully saturated rings. The van der Waals surface area contributed by atoms with Crippen LogP contribution in [0.1, 0.15) is 28.7 Å². The number of carbonyl (C=O) groups excluding carboxylic acids is 1. The Morgan fingerprint density at radius 2 is 2.22 bits per heavy atom. The second-order valence-corrected chi connectivity index (χ2v) is 4.13. The molecule has 2 aromatic rings. The summed E-state index contributed by atoms with van der Waals surface area (Å²) >= 11 is 6.03. The molecule has 2 N–H and O–H groups in total. The molecule has 0 aliphatic carbocycles. The molecular weight excluding hydrogens is 254 g/mol. The quantitative estimate of drug-likeness (QED) is 0.847. The summed E-state index contributed by atoms with van der Waals surface area (Å²) in [7, 11) is 0. The number of aryl methyl sites for hydroxylation is 1. The van der Waals surface area contributed by atoms with Crippen molar-refractivity contribution < 1.29 is 4.79 Å². The van der Waals surface area contributed by atoms with Gasteiger partial charge in [0.2, 0.25) is 0 Å². The van der Waals surface area contributed by atoms with Crippen LogP contribution in [-0.2, 0) is 6.42 Å². The third kappa shape index (κ3) is 2.19. The predicted octanol–water partition coefficient (Wildman–Crippen LogP) is 1.29. The van der Waals surface area contributed by atoms with Crippen molar-refractivity contribution in [2.24, 2.45) is 5.73 Å². The number of primary amides is 1. The van der Waals surface area contributed by atoms with Crippen LogP contribution in [0.25, 0.3) is 5.82 Å². The molecule has 0 aromatic carbocycles. The number of halogens is 1. The van der Waals surface area contributed by atoms with Crippen molar-refractivity contribution in [2.45, 2.75) is 20.3 Å². The van der Waals surface area contributed by atoms with Gasteiger partial charge >= 0.3 is 0 Å². The number of amides is 1. The molecule has 0 atom stereocenters. The number of rotatable bonds is 3. The summed E-state index contributed by atoms with van der Waals surface area (Å²) in [5.41, 5.74) is 6.20. The van der Waals surface area contributed by atoms with E-state index < -0.39 is 5.91 Å². The molecule has 94 valence electrons. The van der Waals surface area contributed by atoms with Gasteiger partial charge in [0, 0.05) is 18.2 Å². The Hall–Kier alpha value is -1.95. The van der Waals surface area contributed by atoms with Crippen molar-refractivity contribution in [2.75, 3.05) is 0 Å². The number of hydrogen-bond acceptors (Lipinski definition) is 4. The molecular formula is C11H12ClN5O. The van der Waals surface area contributed by atoms with E-state index in [9.17, 15) is 4.79 Å². The van der Waals surface area contributed by atoms with Gasteiger partial charge in [0.25, 0.3) is 5.91 Å². The number of aromatic nitrogens is 4. The molecule has 6 nitrogen and oxygen atoms in total. The molecule has 0 radical (unpaired) electrons. The van der Waals surface area contributed by atoms with Crippen LogP contribution in [0.2, 0.25) is 5.15 Å². The van der Waals surface area contributed by atoms with Gasteiger partial charge in [-0.15, -0.1) is 0 Å². The average Bonchev–Trinajstić information content (AvgIpc) is 2.82. The van der Waals surface area contributed by atoms with E-state index in [4.69, 9.17) is 17.3 Å². The Morgan fingerprint density at radius 1 is 1.50 bits per heavy atom. The van der Waals surface area contributed by atoms with Gasteiger partial charge in [-0.3, -0.25) is 4.79 Å². The maximum absolute atomic E-state index is 11.0. The van der Waals surface area contributed by atoms with E-state index in [1.807, 2.05) is 6.92 Å². The van der Waals surface area contributed by atoms with Crippen molar-refractivity contribution >= 4 is 17.5 Å². The van der Waals surface area contributed by atoms with Crippen LogP contribution < -0.4 is 5.73 Å². The Bertz CT molecular complexity index is 607. The maximum atomic E-state index is 11.0. The second kappa shape index (κ2) is 4.73. The van der Waals surface area contributed by atoms with Crippen LogP contribution in [0.4, 0.5) is 0 Å². The van der Waals surface area contributed by atoms with Crippen LogP contribution in [0, 0.1) is 6.92 Å². The van der Waals surface area contributed by atoms with Crippen molar-refractivity contribution in [3.63, 3.8) is 0 Å². The highest BCUT2D eigenvalue weighted by atomic mass is 35.5. The fraction of sp³-hybridized carbons (Fsp3) is 0.273. The summed E-state index contributed by atoms with van der Waals surface area (Å²) in [6.45, 7) is 3.73. The van der Waals surface area contributed by atoms with Gasteiger partial charge < -0.3 is 5.73 Å². The first-order valence-corrected chi connectivity index (χ1v) is 5.78. The fourth-order valence-electron chi connectivity index (χ4n) is 1.47. The predicted molar refractivity (Wildman–Crippen MR) is 66.8 cm³/mol. The van der Waals surface area contributed by atoms with Crippen molar-refractivity contribution in [1.82, 2.24) is 19.7 Å². The van der Waals surface area contributed by atoms with E-state index in [0.717, 1.165) is 0 Å². The van der Waals surface area contributed by atoms with Crippen molar-refractivity contribution in [3.8, 4) is 5.82 Å². The normalized spacial score (nSPS) is 10.6. The summed E-state index contributed by atoms with van der Waals surface area (Å²) in [4.78, 5) is 19.5. The summed E-state index contributed by atoms with van der Waals surface area (Å²) < 4.78 is 1.47. The van der Waals surface area contributed by atoms with Gasteiger partial charge in [0.05, 0.1) is 11.8 Å². The minimum atomic E-state index is -0.533. The standard InChI is InChI=1S/C11H12ClN5O/c1-3-8-15-9(12)6(2)11(16-8)17-5-7(4-14-17)10(13)18/h4-5H,3H2,1-2H3,(H2,13,18). The van der Waals surface area contributed by atoms with Crippen LogP contribution in [-0.4, -0.2) is 25.7 Å². The molecule has 2 aromatic heterocycles. The van der Waals surface area contributed by atoms with Crippen LogP contribution >= 0.6 is 11.6 Å². The Labute approximate surface area is 109 Å². The van der Waals surface area contributed by atoms with Gasteiger partial charge in [-0.25, -0.2) is 14.6 Å². The lowest BCUT2D eigenvalue weighted by atomic mass is 10.3. The average molecular weight is 266 g/mol. The lowest BCUT2D eigenvalue weighted by Crippen LogP contribution is -2.10. The monoisotopic (exact) mass is 265 g/mol. The first-order valence-electron chi connectivity index (χ1n) is 5.40. The SMILES string of the molecule is CCc1nc(Cl)c(C)c(-n2cc(C(N)=O)cn2)n1. The minimum Gasteiger partial charge on any atom is -0.366 e. The van der Waals surface area contributed by atoms with Crippen LogP contribution in [0.15, 0.2) is 12.4 Å². The van der Waals surface area contributed by atoms with E-state index in [-0.39, 0.29) is 0 Å². The van der Waals surface area contributed by atoms with E-state index >= 15 is 0 Å². The van der Waals surface area contributed by atoms with E-state index in [0.29, 0.717) is 34.3 Å². The first-order chi connectivity index (χ1) is 8.52. The van der Waals surface area contributed by atoms with Gasteiger partial charge in [-0.1, -0.05) is 18.5 Å². The molecule has 0 unspecified atom stereocenters. The molecule has 7 heteroatoms. The molecule has 2 heterocycles. The van der Waals surface area contributed by atoms with Gasteiger partial charge in [0.1, 0.15) is 11.0 Å². The minimum absolute atomic E-state index is 0.321. The largest absolute Gasteiger partial charge is 0.366 e. The summed E-state index contributed by atoms with van der Waals surface area (Å²) in [5, 5.41) is 4.43. The molecule has 2 rings (SSSR count). The highest BCUT2D eigenvalue weighted by Crippen LogP contribution is 2.19. The Kier molecular flexibility index (Phi) is 3.29. The maximum Gasteiger partial charge on any atom is 0.251 e. The Morgan fingerprint density at radius 3 is 2.78 bits per heavy atom. The number of nitrogens with zero attached hydrogens (tertiary/aromatic N) is 4. The molecule has 0 bridgehead atoms. The second-order valence-electron chi connectivity index (χ2n) is 3.77. The lowest BCUT2D eigenvalue weighted by molar-refractivity contribution is 0.100. The lowest BCUT2D eigenvalue weighted by Gasteiger charge is -2.07. The molecule has 0 aliphatic heterocycles. The van der Waals surface area contributed by atoms with Crippen LogP contribution in [0.3, 0.4) is 0 Å². The fourth-order valence-corrected chi connectivity index (χ4v) is 1.65. The highest BCUT2D eigenvalue weighted by molar-refractivity contribution is 6.30. The highest BCUT2D eigenvalue weighted by Gasteiger charge is 2.12. The van der Waals surface area contributed by atoms with Gasteiger partial charge in [-0.2, -0.15) is 5.10 Å². The molecule has 1 amide bonds. The Balaban J connectivity index is 2.55. The molecule has 0 saturated carbocycles. The zero-order valence-corrected chi connectivity index (χ0v) is 10.8. The molecule has 18 heavy (non-hydrogen) atoms. The third-order valence-electron chi connectivity index (χ3n) is 2.51. The summed E-state index contributed by atoms with van der Waals surface area (Å²) in [6, 6.07) is 0. The third-order valence-corrected chi connectivity index (χ3v) is 2.88. The molecule has 0 saturated heterocycles. The van der Waals surface area contributed by atoms with Crippen molar-refractivity contribution in [1.29, 1.82) is 0 Å². The molecule has 0 aliphatic rings. The van der Waals surface area contributed by atoms with E-state index in [1.54, 1.807) is 6.92 Å². The van der Waals surface area contributed by atoms with Gasteiger partial charge in [-0.05, 0) is 6.92 Å². The van der Waals surface area contributed by atoms with Crippen LogP contribution in [0.5, 0.6) is 0 Å².